The van der Waals surface area contributed by atoms with E-state index in [1.807, 2.05) is 43.3 Å². The van der Waals surface area contributed by atoms with Crippen LogP contribution in [0.1, 0.15) is 24.1 Å². The Kier molecular flexibility index (Phi) is 5.07. The van der Waals surface area contributed by atoms with Crippen LogP contribution >= 0.6 is 0 Å². The summed E-state index contributed by atoms with van der Waals surface area (Å²) in [6, 6.07) is 16.8. The van der Waals surface area contributed by atoms with Gasteiger partial charge in [-0.1, -0.05) is 42.5 Å². The van der Waals surface area contributed by atoms with E-state index >= 15 is 0 Å². The third kappa shape index (κ3) is 4.31. The second-order valence-corrected chi connectivity index (χ2v) is 4.54. The van der Waals surface area contributed by atoms with E-state index in [4.69, 9.17) is 0 Å². The predicted molar refractivity (Wildman–Crippen MR) is 74.8 cm³/mol. The van der Waals surface area contributed by atoms with Gasteiger partial charge < -0.3 is 10.1 Å². The van der Waals surface area contributed by atoms with E-state index in [-0.39, 0.29) is 11.8 Å². The summed E-state index contributed by atoms with van der Waals surface area (Å²) >= 11 is 0. The zero-order chi connectivity index (χ0) is 14.4. The molecule has 2 nitrogen and oxygen atoms in total. The van der Waals surface area contributed by atoms with Crippen LogP contribution in [-0.4, -0.2) is 6.61 Å². The van der Waals surface area contributed by atoms with Crippen molar-refractivity contribution in [2.75, 3.05) is 0 Å². The molecule has 4 heteroatoms. The molecule has 106 valence electrons. The van der Waals surface area contributed by atoms with Gasteiger partial charge in [-0.05, 0) is 30.2 Å². The molecule has 2 rings (SSSR count). The first kappa shape index (κ1) is 14.5. The third-order valence-corrected chi connectivity index (χ3v) is 3.04. The standard InChI is InChI=1S/C16H17F2NO/c1-12(19-11-13-6-3-2-4-7-13)14-8-5-9-15(10-14)20-16(17)18/h2-10,12,16,19H,11H2,1H3. The number of ether oxygens (including phenoxy) is 1. The Hall–Kier alpha value is -1.94. The summed E-state index contributed by atoms with van der Waals surface area (Å²) in [4.78, 5) is 0. The molecule has 2 aromatic carbocycles. The Morgan fingerprint density at radius 1 is 1.05 bits per heavy atom. The Labute approximate surface area is 117 Å². The maximum atomic E-state index is 12.2. The molecule has 0 radical (unpaired) electrons. The normalized spacial score (nSPS) is 12.4. The van der Waals surface area contributed by atoms with Crippen LogP contribution in [0.15, 0.2) is 54.6 Å². The highest BCUT2D eigenvalue weighted by molar-refractivity contribution is 5.30. The lowest BCUT2D eigenvalue weighted by Crippen LogP contribution is -2.18. The highest BCUT2D eigenvalue weighted by Gasteiger charge is 2.08. The molecule has 0 amide bonds. The highest BCUT2D eigenvalue weighted by Crippen LogP contribution is 2.20. The van der Waals surface area contributed by atoms with Gasteiger partial charge in [0.2, 0.25) is 0 Å². The fourth-order valence-corrected chi connectivity index (χ4v) is 1.94. The van der Waals surface area contributed by atoms with Crippen LogP contribution in [-0.2, 0) is 6.54 Å². The predicted octanol–water partition coefficient (Wildman–Crippen LogP) is 4.14. The summed E-state index contributed by atoms with van der Waals surface area (Å²) in [5, 5.41) is 3.35. The number of hydrogen-bond donors (Lipinski definition) is 1. The van der Waals surface area contributed by atoms with Crippen LogP contribution in [0.4, 0.5) is 8.78 Å². The summed E-state index contributed by atoms with van der Waals surface area (Å²) in [5.41, 5.74) is 2.10. The van der Waals surface area contributed by atoms with Crippen molar-refractivity contribution in [3.63, 3.8) is 0 Å². The van der Waals surface area contributed by atoms with E-state index < -0.39 is 6.61 Å². The van der Waals surface area contributed by atoms with Crippen molar-refractivity contribution in [3.8, 4) is 5.75 Å². The van der Waals surface area contributed by atoms with Gasteiger partial charge in [0.25, 0.3) is 0 Å². The second-order valence-electron chi connectivity index (χ2n) is 4.54. The van der Waals surface area contributed by atoms with Crippen LogP contribution in [0.5, 0.6) is 5.75 Å². The van der Waals surface area contributed by atoms with E-state index in [2.05, 4.69) is 10.1 Å². The monoisotopic (exact) mass is 277 g/mol. The molecule has 1 N–H and O–H groups in total. The summed E-state index contributed by atoms with van der Waals surface area (Å²) in [6.45, 7) is -0.0790. The molecule has 0 fully saturated rings. The summed E-state index contributed by atoms with van der Waals surface area (Å²) in [6.07, 6.45) is 0. The Morgan fingerprint density at radius 3 is 2.50 bits per heavy atom. The van der Waals surface area contributed by atoms with Crippen LogP contribution in [0.25, 0.3) is 0 Å². The van der Waals surface area contributed by atoms with Crippen molar-refractivity contribution in [3.05, 3.63) is 65.7 Å². The lowest BCUT2D eigenvalue weighted by molar-refractivity contribution is -0.0499. The van der Waals surface area contributed by atoms with E-state index in [0.717, 1.165) is 12.1 Å². The molecule has 0 bridgehead atoms. The molecule has 0 aliphatic carbocycles. The maximum absolute atomic E-state index is 12.2. The number of halogens is 2. The fraction of sp³-hybridized carbons (Fsp3) is 0.250. The maximum Gasteiger partial charge on any atom is 0.387 e. The van der Waals surface area contributed by atoms with E-state index in [0.29, 0.717) is 0 Å². The summed E-state index contributed by atoms with van der Waals surface area (Å²) in [5.74, 6) is 0.186. The minimum absolute atomic E-state index is 0.0522. The summed E-state index contributed by atoms with van der Waals surface area (Å²) in [7, 11) is 0. The van der Waals surface area contributed by atoms with Crippen molar-refractivity contribution < 1.29 is 13.5 Å². The number of alkyl halides is 2. The van der Waals surface area contributed by atoms with Crippen LogP contribution in [0, 0.1) is 0 Å². The first-order valence-corrected chi connectivity index (χ1v) is 6.47. The van der Waals surface area contributed by atoms with Crippen LogP contribution in [0.3, 0.4) is 0 Å². The molecule has 0 saturated heterocycles. The molecule has 0 saturated carbocycles. The van der Waals surface area contributed by atoms with Gasteiger partial charge in [0.15, 0.2) is 0 Å². The number of benzene rings is 2. The average molecular weight is 277 g/mol. The van der Waals surface area contributed by atoms with Gasteiger partial charge in [-0.2, -0.15) is 8.78 Å². The molecule has 1 unspecified atom stereocenters. The molecule has 0 spiro atoms. The van der Waals surface area contributed by atoms with Gasteiger partial charge in [0, 0.05) is 12.6 Å². The Bertz CT molecular complexity index is 531. The van der Waals surface area contributed by atoms with Crippen molar-refractivity contribution in [2.24, 2.45) is 0 Å². The molecular weight excluding hydrogens is 260 g/mol. The molecular formula is C16H17F2NO. The van der Waals surface area contributed by atoms with E-state index in [1.165, 1.54) is 11.6 Å². The molecule has 2 aromatic rings. The largest absolute Gasteiger partial charge is 0.435 e. The smallest absolute Gasteiger partial charge is 0.387 e. The van der Waals surface area contributed by atoms with E-state index in [9.17, 15) is 8.78 Å². The zero-order valence-corrected chi connectivity index (χ0v) is 11.2. The topological polar surface area (TPSA) is 21.3 Å². The minimum atomic E-state index is -2.79. The first-order valence-electron chi connectivity index (χ1n) is 6.47. The second kappa shape index (κ2) is 7.01. The lowest BCUT2D eigenvalue weighted by atomic mass is 10.1. The number of nitrogens with one attached hydrogen (secondary N) is 1. The summed E-state index contributed by atoms with van der Waals surface area (Å²) < 4.78 is 28.8. The van der Waals surface area contributed by atoms with Crippen molar-refractivity contribution in [2.45, 2.75) is 26.1 Å². The van der Waals surface area contributed by atoms with Crippen molar-refractivity contribution >= 4 is 0 Å². The van der Waals surface area contributed by atoms with Gasteiger partial charge in [-0.25, -0.2) is 0 Å². The quantitative estimate of drug-likeness (QED) is 0.857. The van der Waals surface area contributed by atoms with Crippen molar-refractivity contribution in [1.82, 2.24) is 5.32 Å². The molecule has 20 heavy (non-hydrogen) atoms. The Balaban J connectivity index is 1.96. The minimum Gasteiger partial charge on any atom is -0.435 e. The third-order valence-electron chi connectivity index (χ3n) is 3.04. The van der Waals surface area contributed by atoms with Crippen LogP contribution in [0.2, 0.25) is 0 Å². The molecule has 0 aliphatic rings. The number of rotatable bonds is 6. The van der Waals surface area contributed by atoms with Gasteiger partial charge in [0.1, 0.15) is 5.75 Å². The highest BCUT2D eigenvalue weighted by atomic mass is 19.3. The SMILES string of the molecule is CC(NCc1ccccc1)c1cccc(OC(F)F)c1. The van der Waals surface area contributed by atoms with Gasteiger partial charge in [0.05, 0.1) is 0 Å². The molecule has 0 heterocycles. The van der Waals surface area contributed by atoms with Crippen molar-refractivity contribution in [1.29, 1.82) is 0 Å². The van der Waals surface area contributed by atoms with Gasteiger partial charge in [-0.3, -0.25) is 0 Å². The average Bonchev–Trinajstić information content (AvgIpc) is 2.45. The number of hydrogen-bond acceptors (Lipinski definition) is 2. The fourth-order valence-electron chi connectivity index (χ4n) is 1.94. The molecule has 0 aromatic heterocycles. The molecule has 1 atom stereocenters. The Morgan fingerprint density at radius 2 is 1.80 bits per heavy atom. The van der Waals surface area contributed by atoms with Gasteiger partial charge >= 0.3 is 6.61 Å². The van der Waals surface area contributed by atoms with Crippen LogP contribution < -0.4 is 10.1 Å². The van der Waals surface area contributed by atoms with E-state index in [1.54, 1.807) is 12.1 Å². The van der Waals surface area contributed by atoms with Gasteiger partial charge in [-0.15, -0.1) is 0 Å². The first-order chi connectivity index (χ1) is 9.65. The lowest BCUT2D eigenvalue weighted by Gasteiger charge is -2.15. The molecule has 0 aliphatic heterocycles. The zero-order valence-electron chi connectivity index (χ0n) is 11.2.